The number of rotatable bonds is 19. The van der Waals surface area contributed by atoms with Crippen molar-refractivity contribution in [3.05, 3.63) is 0 Å². The highest BCUT2D eigenvalue weighted by Gasteiger charge is 2.26. The van der Waals surface area contributed by atoms with Gasteiger partial charge in [0, 0.05) is 0 Å². The largest absolute Gasteiger partial charge is 0.474 e. The molecule has 0 aliphatic heterocycles. The van der Waals surface area contributed by atoms with Crippen molar-refractivity contribution >= 4 is 18.2 Å². The third-order valence-electron chi connectivity index (χ3n) is 3.51. The number of phosphoric acid groups is 1. The summed E-state index contributed by atoms with van der Waals surface area (Å²) < 4.78 is 62.2. The summed E-state index contributed by atoms with van der Waals surface area (Å²) in [6.07, 6.45) is 8.33. The van der Waals surface area contributed by atoms with E-state index in [9.17, 15) is 13.0 Å². The van der Waals surface area contributed by atoms with Crippen LogP contribution in [-0.4, -0.2) is 39.4 Å². The average molecular weight is 418 g/mol. The molecule has 158 valence electrons. The van der Waals surface area contributed by atoms with Crippen LogP contribution >= 0.6 is 7.82 Å². The van der Waals surface area contributed by atoms with E-state index in [2.05, 4.69) is 18.0 Å². The first kappa shape index (κ1) is 26.0. The molecule has 0 unspecified atom stereocenters. The Kier molecular flexibility index (Phi) is 16.0. The fourth-order valence-electron chi connectivity index (χ4n) is 2.07. The summed E-state index contributed by atoms with van der Waals surface area (Å²) >= 11 is 0. The van der Waals surface area contributed by atoms with Crippen molar-refractivity contribution < 1.29 is 35.3 Å². The molecule has 0 heterocycles. The van der Waals surface area contributed by atoms with Crippen LogP contribution in [0.15, 0.2) is 0 Å². The topological polar surface area (TPSA) is 108 Å². The highest BCUT2D eigenvalue weighted by atomic mass is 32.3. The predicted molar refractivity (Wildman–Crippen MR) is 100 cm³/mol. The molecule has 0 amide bonds. The molecule has 0 rings (SSSR count). The normalized spacial score (nSPS) is 12.6. The molecular formula is C16H35O8PS. The molecular weight excluding hydrogens is 383 g/mol. The second-order valence-corrected chi connectivity index (χ2v) is 8.79. The lowest BCUT2D eigenvalue weighted by atomic mass is 10.2. The van der Waals surface area contributed by atoms with E-state index in [0.717, 1.165) is 44.9 Å². The first-order valence-corrected chi connectivity index (χ1v) is 12.3. The van der Waals surface area contributed by atoms with Gasteiger partial charge in [-0.2, -0.15) is 8.42 Å². The van der Waals surface area contributed by atoms with Crippen LogP contribution in [0.4, 0.5) is 0 Å². The molecule has 0 fully saturated rings. The Morgan fingerprint density at radius 3 is 1.46 bits per heavy atom. The summed E-state index contributed by atoms with van der Waals surface area (Å²) in [5.41, 5.74) is 0. The monoisotopic (exact) mass is 418 g/mol. The first-order chi connectivity index (χ1) is 12.3. The van der Waals surface area contributed by atoms with Crippen molar-refractivity contribution in [2.24, 2.45) is 0 Å². The van der Waals surface area contributed by atoms with Crippen LogP contribution in [0.2, 0.25) is 0 Å². The smallest absolute Gasteiger partial charge is 0.287 e. The highest BCUT2D eigenvalue weighted by Crippen LogP contribution is 2.49. The Balaban J connectivity index is 3.98. The molecule has 26 heavy (non-hydrogen) atoms. The van der Waals surface area contributed by atoms with Gasteiger partial charge in [-0.15, -0.1) is 0 Å². The lowest BCUT2D eigenvalue weighted by molar-refractivity contribution is 0.108. The maximum atomic E-state index is 12.6. The van der Waals surface area contributed by atoms with E-state index in [4.69, 9.17) is 18.1 Å². The van der Waals surface area contributed by atoms with Gasteiger partial charge in [-0.3, -0.25) is 18.1 Å². The Morgan fingerprint density at radius 2 is 1.08 bits per heavy atom. The molecule has 0 aromatic rings. The van der Waals surface area contributed by atoms with Crippen LogP contribution in [0.25, 0.3) is 0 Å². The minimum absolute atomic E-state index is 0.0563. The summed E-state index contributed by atoms with van der Waals surface area (Å²) in [4.78, 5) is 0. The van der Waals surface area contributed by atoms with Gasteiger partial charge in [0.25, 0.3) is 0 Å². The summed E-state index contributed by atoms with van der Waals surface area (Å²) in [6, 6.07) is 0. The second kappa shape index (κ2) is 16.0. The minimum atomic E-state index is -4.36. The lowest BCUT2D eigenvalue weighted by Gasteiger charge is -2.18. The van der Waals surface area contributed by atoms with E-state index >= 15 is 0 Å². The van der Waals surface area contributed by atoms with Crippen molar-refractivity contribution in [2.75, 3.05) is 26.4 Å². The fourth-order valence-corrected chi connectivity index (χ4v) is 3.68. The first-order valence-electron chi connectivity index (χ1n) is 9.48. The van der Waals surface area contributed by atoms with Crippen molar-refractivity contribution in [1.82, 2.24) is 0 Å². The maximum absolute atomic E-state index is 12.6. The van der Waals surface area contributed by atoms with Gasteiger partial charge in [-0.1, -0.05) is 52.4 Å². The molecule has 0 saturated carbocycles. The van der Waals surface area contributed by atoms with Crippen LogP contribution in [-0.2, 0) is 32.7 Å². The van der Waals surface area contributed by atoms with Gasteiger partial charge < -0.3 is 0 Å². The quantitative estimate of drug-likeness (QED) is 0.179. The number of hydrogen-bond donors (Lipinski definition) is 1. The molecule has 8 nitrogen and oxygen atoms in total. The van der Waals surface area contributed by atoms with Gasteiger partial charge in [-0.25, -0.2) is 8.75 Å². The molecule has 0 bridgehead atoms. The Bertz CT molecular complexity index is 453. The molecule has 0 aliphatic rings. The predicted octanol–water partition coefficient (Wildman–Crippen LogP) is 4.90. The van der Waals surface area contributed by atoms with Gasteiger partial charge in [0.1, 0.15) is 0 Å². The summed E-state index contributed by atoms with van der Waals surface area (Å²) in [6.45, 7) is 5.06. The summed E-state index contributed by atoms with van der Waals surface area (Å²) in [5.74, 6) is 0. The molecule has 0 spiro atoms. The third kappa shape index (κ3) is 17.4. The van der Waals surface area contributed by atoms with E-state index in [1.807, 2.05) is 0 Å². The minimum Gasteiger partial charge on any atom is -0.287 e. The number of hydrogen-bond acceptors (Lipinski definition) is 7. The molecule has 0 aromatic heterocycles. The zero-order valence-corrected chi connectivity index (χ0v) is 17.8. The van der Waals surface area contributed by atoms with Crippen LogP contribution in [0.1, 0.15) is 78.1 Å². The molecule has 0 aliphatic carbocycles. The number of phosphoric ester groups is 1. The Hall–Kier alpha value is -0.0200. The van der Waals surface area contributed by atoms with E-state index in [0.29, 0.717) is 32.5 Å². The maximum Gasteiger partial charge on any atom is 0.474 e. The van der Waals surface area contributed by atoms with E-state index in [1.165, 1.54) is 0 Å². The molecule has 0 saturated heterocycles. The molecule has 10 heteroatoms. The van der Waals surface area contributed by atoms with Gasteiger partial charge in [-0.05, 0) is 25.7 Å². The van der Waals surface area contributed by atoms with Gasteiger partial charge in [0.2, 0.25) is 0 Å². The average Bonchev–Trinajstić information content (AvgIpc) is 2.57. The zero-order valence-electron chi connectivity index (χ0n) is 16.1. The van der Waals surface area contributed by atoms with Crippen molar-refractivity contribution in [3.63, 3.8) is 0 Å². The molecule has 1 N–H and O–H groups in total. The van der Waals surface area contributed by atoms with Crippen molar-refractivity contribution in [2.45, 2.75) is 78.1 Å². The number of unbranched alkanes of at least 4 members (excludes halogenated alkanes) is 7. The SMILES string of the molecule is CCCCCOP(=O)(OCCCCC)OCCCCCCOS(=O)(=O)O. The zero-order chi connectivity index (χ0) is 19.7. The van der Waals surface area contributed by atoms with E-state index in [1.54, 1.807) is 0 Å². The van der Waals surface area contributed by atoms with Crippen LogP contribution < -0.4 is 0 Å². The van der Waals surface area contributed by atoms with Crippen LogP contribution in [0.5, 0.6) is 0 Å². The third-order valence-corrected chi connectivity index (χ3v) is 5.48. The Labute approximate surface area is 158 Å². The molecule has 0 atom stereocenters. The Morgan fingerprint density at radius 1 is 0.692 bits per heavy atom. The van der Waals surface area contributed by atoms with Gasteiger partial charge in [0.05, 0.1) is 26.4 Å². The molecule has 0 radical (unpaired) electrons. The standard InChI is InChI=1S/C16H35O8PS/c1-3-5-9-13-21-25(17,22-14-10-6-4-2)23-15-11-7-8-12-16-24-26(18,19)20/h3-16H2,1-2H3,(H,18,19,20). The second-order valence-electron chi connectivity index (χ2n) is 6.03. The lowest BCUT2D eigenvalue weighted by Crippen LogP contribution is -2.05. The van der Waals surface area contributed by atoms with Crippen molar-refractivity contribution in [3.8, 4) is 0 Å². The van der Waals surface area contributed by atoms with Crippen LogP contribution in [0, 0.1) is 0 Å². The fraction of sp³-hybridized carbons (Fsp3) is 1.00. The summed E-state index contributed by atoms with van der Waals surface area (Å²) in [5, 5.41) is 0. The van der Waals surface area contributed by atoms with Crippen molar-refractivity contribution in [1.29, 1.82) is 0 Å². The van der Waals surface area contributed by atoms with E-state index < -0.39 is 18.2 Å². The summed E-state index contributed by atoms with van der Waals surface area (Å²) in [7, 11) is -7.88. The highest BCUT2D eigenvalue weighted by molar-refractivity contribution is 7.80. The molecule has 0 aromatic carbocycles. The van der Waals surface area contributed by atoms with Crippen LogP contribution in [0.3, 0.4) is 0 Å². The van der Waals surface area contributed by atoms with Gasteiger partial charge in [0.15, 0.2) is 0 Å². The van der Waals surface area contributed by atoms with Gasteiger partial charge >= 0.3 is 18.2 Å². The van der Waals surface area contributed by atoms with E-state index in [-0.39, 0.29) is 13.2 Å².